The van der Waals surface area contributed by atoms with Gasteiger partial charge in [0.2, 0.25) is 0 Å². The van der Waals surface area contributed by atoms with Gasteiger partial charge in [0.1, 0.15) is 0 Å². The molecule has 0 spiro atoms. The summed E-state index contributed by atoms with van der Waals surface area (Å²) in [5.74, 6) is 0. The molecule has 0 aliphatic carbocycles. The molecule has 0 amide bonds. The minimum atomic E-state index is -2.21. The summed E-state index contributed by atoms with van der Waals surface area (Å²) < 4.78 is 23.3. The topological polar surface area (TPSA) is 3.24 Å². The molecular formula is C6H12BrF2N. The van der Waals surface area contributed by atoms with Gasteiger partial charge in [-0.1, -0.05) is 15.9 Å². The fourth-order valence-corrected chi connectivity index (χ4v) is 0.907. The molecule has 62 valence electrons. The first-order chi connectivity index (χ1) is 4.66. The molecule has 4 heteroatoms. The monoisotopic (exact) mass is 215 g/mol. The molecule has 0 N–H and O–H groups in total. The van der Waals surface area contributed by atoms with E-state index >= 15 is 0 Å². The van der Waals surface area contributed by atoms with Crippen molar-refractivity contribution in [1.29, 1.82) is 0 Å². The molecule has 0 rings (SSSR count). The summed E-state index contributed by atoms with van der Waals surface area (Å²) in [6, 6.07) is 0. The molecule has 0 saturated heterocycles. The van der Waals surface area contributed by atoms with Crippen molar-refractivity contribution in [1.82, 2.24) is 4.90 Å². The van der Waals surface area contributed by atoms with Crippen molar-refractivity contribution in [2.45, 2.75) is 12.8 Å². The van der Waals surface area contributed by atoms with Gasteiger partial charge in [-0.2, -0.15) is 0 Å². The maximum absolute atomic E-state index is 11.7. The van der Waals surface area contributed by atoms with Gasteiger partial charge in [0, 0.05) is 5.33 Å². The van der Waals surface area contributed by atoms with Crippen LogP contribution in [-0.4, -0.2) is 36.8 Å². The highest BCUT2D eigenvalue weighted by atomic mass is 79.9. The van der Waals surface area contributed by atoms with Crippen molar-refractivity contribution in [2.75, 3.05) is 25.5 Å². The third kappa shape index (κ3) is 6.42. The van der Waals surface area contributed by atoms with Crippen molar-refractivity contribution in [3.63, 3.8) is 0 Å². The van der Waals surface area contributed by atoms with Crippen molar-refractivity contribution >= 4 is 15.9 Å². The average molecular weight is 216 g/mol. The Morgan fingerprint density at radius 2 is 2.10 bits per heavy atom. The Morgan fingerprint density at radius 3 is 2.50 bits per heavy atom. The standard InChI is InChI=1S/C6H12BrF2N/c1-10(4-2-3-7)5-6(8)9/h6H,2-5H2,1H3. The van der Waals surface area contributed by atoms with E-state index in [1.165, 1.54) is 0 Å². The molecule has 0 bridgehead atoms. The van der Waals surface area contributed by atoms with Crippen LogP contribution in [0.3, 0.4) is 0 Å². The van der Waals surface area contributed by atoms with Crippen molar-refractivity contribution in [3.8, 4) is 0 Å². The third-order valence-corrected chi connectivity index (χ3v) is 1.68. The molecule has 10 heavy (non-hydrogen) atoms. The summed E-state index contributed by atoms with van der Waals surface area (Å²) >= 11 is 3.23. The lowest BCUT2D eigenvalue weighted by molar-refractivity contribution is 0.101. The van der Waals surface area contributed by atoms with Crippen LogP contribution in [0.25, 0.3) is 0 Å². The van der Waals surface area contributed by atoms with Gasteiger partial charge in [0.15, 0.2) is 0 Å². The van der Waals surface area contributed by atoms with E-state index in [4.69, 9.17) is 0 Å². The summed E-state index contributed by atoms with van der Waals surface area (Å²) in [4.78, 5) is 1.63. The summed E-state index contributed by atoms with van der Waals surface area (Å²) in [5, 5.41) is 0.876. The van der Waals surface area contributed by atoms with Crippen LogP contribution in [0.1, 0.15) is 6.42 Å². The largest absolute Gasteiger partial charge is 0.301 e. The second-order valence-electron chi connectivity index (χ2n) is 2.20. The predicted octanol–water partition coefficient (Wildman–Crippen LogP) is 1.97. The first kappa shape index (κ1) is 10.3. The number of nitrogens with zero attached hydrogens (tertiary/aromatic N) is 1. The SMILES string of the molecule is CN(CCCBr)CC(F)F. The molecule has 0 aliphatic heterocycles. The molecule has 0 aromatic rings. The molecule has 0 aliphatic rings. The minimum absolute atomic E-state index is 0.118. The zero-order chi connectivity index (χ0) is 7.98. The van der Waals surface area contributed by atoms with Crippen LogP contribution < -0.4 is 0 Å². The van der Waals surface area contributed by atoms with E-state index in [0.717, 1.165) is 18.3 Å². The van der Waals surface area contributed by atoms with Gasteiger partial charge in [-0.3, -0.25) is 0 Å². The molecule has 0 saturated carbocycles. The predicted molar refractivity (Wildman–Crippen MR) is 41.9 cm³/mol. The van der Waals surface area contributed by atoms with Crippen molar-refractivity contribution in [3.05, 3.63) is 0 Å². The number of hydrogen-bond acceptors (Lipinski definition) is 1. The van der Waals surface area contributed by atoms with Crippen LogP contribution >= 0.6 is 15.9 Å². The van der Waals surface area contributed by atoms with Gasteiger partial charge in [0.05, 0.1) is 6.54 Å². The minimum Gasteiger partial charge on any atom is -0.301 e. The van der Waals surface area contributed by atoms with E-state index in [0.29, 0.717) is 0 Å². The maximum Gasteiger partial charge on any atom is 0.251 e. The number of alkyl halides is 3. The lowest BCUT2D eigenvalue weighted by Crippen LogP contribution is -2.25. The first-order valence-electron chi connectivity index (χ1n) is 3.19. The fourth-order valence-electron chi connectivity index (χ4n) is 0.657. The summed E-state index contributed by atoms with van der Waals surface area (Å²) in [6.07, 6.45) is -1.29. The lowest BCUT2D eigenvalue weighted by Gasteiger charge is -2.14. The number of rotatable bonds is 5. The highest BCUT2D eigenvalue weighted by Crippen LogP contribution is 1.97. The van der Waals surface area contributed by atoms with Crippen LogP contribution in [0, 0.1) is 0 Å². The quantitative estimate of drug-likeness (QED) is 0.635. The number of hydrogen-bond donors (Lipinski definition) is 0. The van der Waals surface area contributed by atoms with Crippen LogP contribution in [0.5, 0.6) is 0 Å². The Morgan fingerprint density at radius 1 is 1.50 bits per heavy atom. The van der Waals surface area contributed by atoms with Gasteiger partial charge in [-0.15, -0.1) is 0 Å². The molecule has 0 fully saturated rings. The van der Waals surface area contributed by atoms with E-state index < -0.39 is 6.43 Å². The molecule has 0 radical (unpaired) electrons. The third-order valence-electron chi connectivity index (χ3n) is 1.12. The van der Waals surface area contributed by atoms with Gasteiger partial charge in [-0.05, 0) is 20.0 Å². The molecule has 0 unspecified atom stereocenters. The molecule has 1 nitrogen and oxygen atoms in total. The van der Waals surface area contributed by atoms with E-state index in [9.17, 15) is 8.78 Å². The fraction of sp³-hybridized carbons (Fsp3) is 1.00. The van der Waals surface area contributed by atoms with E-state index in [1.54, 1.807) is 11.9 Å². The van der Waals surface area contributed by atoms with Gasteiger partial charge < -0.3 is 4.90 Å². The Hall–Kier alpha value is 0.300. The van der Waals surface area contributed by atoms with Crippen LogP contribution in [0.15, 0.2) is 0 Å². The highest BCUT2D eigenvalue weighted by Gasteiger charge is 2.05. The molecule has 0 aromatic heterocycles. The zero-order valence-corrected chi connectivity index (χ0v) is 7.57. The summed E-state index contributed by atoms with van der Waals surface area (Å²) in [5.41, 5.74) is 0. The van der Waals surface area contributed by atoms with Crippen molar-refractivity contribution in [2.24, 2.45) is 0 Å². The highest BCUT2D eigenvalue weighted by molar-refractivity contribution is 9.09. The molecule has 0 heterocycles. The Balaban J connectivity index is 3.16. The Bertz CT molecular complexity index is 80.1. The zero-order valence-electron chi connectivity index (χ0n) is 5.99. The normalized spacial score (nSPS) is 11.4. The smallest absolute Gasteiger partial charge is 0.251 e. The van der Waals surface area contributed by atoms with Gasteiger partial charge in [0.25, 0.3) is 6.43 Å². The van der Waals surface area contributed by atoms with E-state index in [-0.39, 0.29) is 6.54 Å². The van der Waals surface area contributed by atoms with E-state index in [2.05, 4.69) is 15.9 Å². The lowest BCUT2D eigenvalue weighted by atomic mass is 10.4. The summed E-state index contributed by atoms with van der Waals surface area (Å²) in [7, 11) is 1.70. The molecule has 0 atom stereocenters. The van der Waals surface area contributed by atoms with Gasteiger partial charge in [-0.25, -0.2) is 8.78 Å². The first-order valence-corrected chi connectivity index (χ1v) is 4.31. The van der Waals surface area contributed by atoms with Crippen LogP contribution in [-0.2, 0) is 0 Å². The van der Waals surface area contributed by atoms with Crippen LogP contribution in [0.2, 0.25) is 0 Å². The van der Waals surface area contributed by atoms with E-state index in [1.807, 2.05) is 0 Å². The van der Waals surface area contributed by atoms with Gasteiger partial charge >= 0.3 is 0 Å². The maximum atomic E-state index is 11.7. The average Bonchev–Trinajstić information content (AvgIpc) is 1.82. The second-order valence-corrected chi connectivity index (χ2v) is 2.99. The van der Waals surface area contributed by atoms with Crippen LogP contribution in [0.4, 0.5) is 8.78 Å². The number of halogens is 3. The summed E-state index contributed by atoms with van der Waals surface area (Å²) in [6.45, 7) is 0.614. The Labute approximate surface area is 68.5 Å². The molecule has 0 aromatic carbocycles. The Kier molecular flexibility index (Phi) is 6.22. The van der Waals surface area contributed by atoms with Crippen molar-refractivity contribution < 1.29 is 8.78 Å². The molecular weight excluding hydrogens is 204 g/mol. The second kappa shape index (κ2) is 6.04.